The standard InChI is InChI=1S/C23H23ClN6OS/c1-15(2)30-21-17(14-26-30)16(13-19(27-21)20-6-4-12-32-20)23(31)29-10-8-28(9-11-29)22-18(24)5-3-7-25-22/h3-7,12-15H,8-11H2,1-2H3. The van der Waals surface area contributed by atoms with Crippen LogP contribution in [-0.2, 0) is 0 Å². The molecule has 4 aromatic heterocycles. The van der Waals surface area contributed by atoms with Crippen molar-refractivity contribution in [3.05, 3.63) is 58.7 Å². The van der Waals surface area contributed by atoms with Gasteiger partial charge in [0.25, 0.3) is 5.91 Å². The molecule has 9 heteroatoms. The highest BCUT2D eigenvalue weighted by molar-refractivity contribution is 7.13. The molecule has 164 valence electrons. The maximum absolute atomic E-state index is 13.6. The number of carbonyl (C=O) groups is 1. The number of aromatic nitrogens is 4. The fourth-order valence-electron chi connectivity index (χ4n) is 4.03. The lowest BCUT2D eigenvalue weighted by Gasteiger charge is -2.35. The van der Waals surface area contributed by atoms with E-state index in [1.54, 1.807) is 23.7 Å². The number of halogens is 1. The van der Waals surface area contributed by atoms with Crippen LogP contribution in [0.2, 0.25) is 5.02 Å². The molecular weight excluding hydrogens is 444 g/mol. The number of pyridine rings is 2. The summed E-state index contributed by atoms with van der Waals surface area (Å²) in [5, 5.41) is 7.96. The highest BCUT2D eigenvalue weighted by Crippen LogP contribution is 2.30. The molecule has 32 heavy (non-hydrogen) atoms. The lowest BCUT2D eigenvalue weighted by Crippen LogP contribution is -2.49. The van der Waals surface area contributed by atoms with E-state index in [4.69, 9.17) is 16.6 Å². The van der Waals surface area contributed by atoms with Crippen LogP contribution in [0.15, 0.2) is 48.1 Å². The van der Waals surface area contributed by atoms with Gasteiger partial charge in [-0.05, 0) is 43.5 Å². The summed E-state index contributed by atoms with van der Waals surface area (Å²) >= 11 is 7.93. The zero-order chi connectivity index (χ0) is 22.2. The molecule has 0 atom stereocenters. The van der Waals surface area contributed by atoms with E-state index in [0.717, 1.165) is 27.4 Å². The Bertz CT molecular complexity index is 1260. The van der Waals surface area contributed by atoms with Gasteiger partial charge in [-0.25, -0.2) is 14.6 Å². The van der Waals surface area contributed by atoms with Crippen LogP contribution in [0.5, 0.6) is 0 Å². The zero-order valence-electron chi connectivity index (χ0n) is 17.9. The third-order valence-electron chi connectivity index (χ3n) is 5.67. The number of fused-ring (bicyclic) bond motifs is 1. The second-order valence-electron chi connectivity index (χ2n) is 8.04. The predicted molar refractivity (Wildman–Crippen MR) is 129 cm³/mol. The van der Waals surface area contributed by atoms with Crippen molar-refractivity contribution in [2.24, 2.45) is 0 Å². The first kappa shape index (κ1) is 20.9. The first-order chi connectivity index (χ1) is 15.5. The predicted octanol–water partition coefficient (Wildman–Crippen LogP) is 4.75. The minimum atomic E-state index is 0.00489. The minimum Gasteiger partial charge on any atom is -0.352 e. The van der Waals surface area contributed by atoms with Gasteiger partial charge in [0.15, 0.2) is 5.65 Å². The number of piperazine rings is 1. The summed E-state index contributed by atoms with van der Waals surface area (Å²) in [6.45, 7) is 6.69. The van der Waals surface area contributed by atoms with Gasteiger partial charge in [-0.1, -0.05) is 17.7 Å². The van der Waals surface area contributed by atoms with Gasteiger partial charge in [0.2, 0.25) is 0 Å². The summed E-state index contributed by atoms with van der Waals surface area (Å²) in [5.74, 6) is 0.774. The molecule has 1 fully saturated rings. The molecule has 0 aliphatic carbocycles. The van der Waals surface area contributed by atoms with Crippen molar-refractivity contribution in [3.8, 4) is 10.6 Å². The van der Waals surface area contributed by atoms with Crippen molar-refractivity contribution < 1.29 is 4.79 Å². The topological polar surface area (TPSA) is 67.2 Å². The Morgan fingerprint density at radius 3 is 2.66 bits per heavy atom. The summed E-state index contributed by atoms with van der Waals surface area (Å²) in [6.07, 6.45) is 3.50. The van der Waals surface area contributed by atoms with Gasteiger partial charge in [-0.2, -0.15) is 5.10 Å². The quantitative estimate of drug-likeness (QED) is 0.434. The van der Waals surface area contributed by atoms with E-state index in [1.165, 1.54) is 0 Å². The Kier molecular flexibility index (Phi) is 5.57. The Hall–Kier alpha value is -2.97. The maximum Gasteiger partial charge on any atom is 0.254 e. The Labute approximate surface area is 195 Å². The van der Waals surface area contributed by atoms with E-state index in [2.05, 4.69) is 28.8 Å². The molecule has 4 aromatic rings. The normalized spacial score (nSPS) is 14.5. The van der Waals surface area contributed by atoms with Crippen LogP contribution in [0, 0.1) is 0 Å². The van der Waals surface area contributed by atoms with Crippen LogP contribution in [0.25, 0.3) is 21.6 Å². The van der Waals surface area contributed by atoms with Gasteiger partial charge in [-0.15, -0.1) is 11.3 Å². The largest absolute Gasteiger partial charge is 0.352 e. The molecule has 1 saturated heterocycles. The van der Waals surface area contributed by atoms with Crippen LogP contribution >= 0.6 is 22.9 Å². The summed E-state index contributed by atoms with van der Waals surface area (Å²) in [4.78, 5) is 27.9. The molecule has 0 N–H and O–H groups in total. The molecule has 0 aromatic carbocycles. The number of anilines is 1. The summed E-state index contributed by atoms with van der Waals surface area (Å²) < 4.78 is 1.88. The molecule has 7 nitrogen and oxygen atoms in total. The number of thiophene rings is 1. The van der Waals surface area contributed by atoms with Crippen LogP contribution in [0.4, 0.5) is 5.82 Å². The number of carbonyl (C=O) groups excluding carboxylic acids is 1. The van der Waals surface area contributed by atoms with Gasteiger partial charge in [0.1, 0.15) is 5.82 Å². The van der Waals surface area contributed by atoms with Gasteiger partial charge in [0, 0.05) is 38.4 Å². The molecule has 5 rings (SSSR count). The summed E-state index contributed by atoms with van der Waals surface area (Å²) in [6, 6.07) is 9.74. The van der Waals surface area contributed by atoms with Crippen molar-refractivity contribution in [3.63, 3.8) is 0 Å². The number of hydrogen-bond acceptors (Lipinski definition) is 6. The SMILES string of the molecule is CC(C)n1ncc2c(C(=O)N3CCN(c4ncccc4Cl)CC3)cc(-c3cccs3)nc21. The molecule has 5 heterocycles. The summed E-state index contributed by atoms with van der Waals surface area (Å²) in [7, 11) is 0. The van der Waals surface area contributed by atoms with Crippen molar-refractivity contribution in [2.45, 2.75) is 19.9 Å². The van der Waals surface area contributed by atoms with Crippen LogP contribution in [0.1, 0.15) is 30.2 Å². The average molecular weight is 467 g/mol. The number of rotatable bonds is 4. The fraction of sp³-hybridized carbons (Fsp3) is 0.304. The molecule has 1 aliphatic heterocycles. The Morgan fingerprint density at radius 2 is 1.97 bits per heavy atom. The third kappa shape index (κ3) is 3.73. The van der Waals surface area contributed by atoms with E-state index in [9.17, 15) is 4.79 Å². The maximum atomic E-state index is 13.6. The highest BCUT2D eigenvalue weighted by Gasteiger charge is 2.27. The van der Waals surface area contributed by atoms with Crippen LogP contribution in [0.3, 0.4) is 0 Å². The molecule has 0 bridgehead atoms. The van der Waals surface area contributed by atoms with E-state index in [1.807, 2.05) is 45.3 Å². The molecule has 1 amide bonds. The van der Waals surface area contributed by atoms with E-state index >= 15 is 0 Å². The fourth-order valence-corrected chi connectivity index (χ4v) is 4.95. The zero-order valence-corrected chi connectivity index (χ0v) is 19.5. The summed E-state index contributed by atoms with van der Waals surface area (Å²) in [5.41, 5.74) is 2.19. The van der Waals surface area contributed by atoms with Gasteiger partial charge >= 0.3 is 0 Å². The van der Waals surface area contributed by atoms with Crippen molar-refractivity contribution in [2.75, 3.05) is 31.1 Å². The second-order valence-corrected chi connectivity index (χ2v) is 9.40. The average Bonchev–Trinajstić information content (AvgIpc) is 3.48. The Balaban J connectivity index is 1.46. The Morgan fingerprint density at radius 1 is 1.16 bits per heavy atom. The minimum absolute atomic E-state index is 0.00489. The number of nitrogens with zero attached hydrogens (tertiary/aromatic N) is 6. The molecule has 0 radical (unpaired) electrons. The number of hydrogen-bond donors (Lipinski definition) is 0. The van der Waals surface area contributed by atoms with Gasteiger partial charge in [-0.3, -0.25) is 4.79 Å². The van der Waals surface area contributed by atoms with E-state index in [0.29, 0.717) is 36.8 Å². The van der Waals surface area contributed by atoms with Crippen LogP contribution in [-0.4, -0.2) is 56.7 Å². The monoisotopic (exact) mass is 466 g/mol. The molecular formula is C23H23ClN6OS. The highest BCUT2D eigenvalue weighted by atomic mass is 35.5. The molecule has 0 spiro atoms. The van der Waals surface area contributed by atoms with Crippen molar-refractivity contribution in [1.82, 2.24) is 24.6 Å². The molecule has 0 saturated carbocycles. The van der Waals surface area contributed by atoms with Gasteiger partial charge < -0.3 is 9.80 Å². The lowest BCUT2D eigenvalue weighted by molar-refractivity contribution is 0.0748. The van der Waals surface area contributed by atoms with Crippen molar-refractivity contribution in [1.29, 1.82) is 0 Å². The van der Waals surface area contributed by atoms with Gasteiger partial charge in [0.05, 0.1) is 32.7 Å². The van der Waals surface area contributed by atoms with E-state index < -0.39 is 0 Å². The third-order valence-corrected chi connectivity index (χ3v) is 6.85. The molecule has 1 aliphatic rings. The van der Waals surface area contributed by atoms with Crippen LogP contribution < -0.4 is 4.90 Å². The molecule has 0 unspecified atom stereocenters. The number of amides is 1. The first-order valence-corrected chi connectivity index (χ1v) is 11.9. The van der Waals surface area contributed by atoms with E-state index in [-0.39, 0.29) is 11.9 Å². The first-order valence-electron chi connectivity index (χ1n) is 10.6. The smallest absolute Gasteiger partial charge is 0.254 e. The van der Waals surface area contributed by atoms with Crippen molar-refractivity contribution >= 4 is 45.7 Å². The lowest BCUT2D eigenvalue weighted by atomic mass is 10.1. The second kappa shape index (κ2) is 8.52.